The van der Waals surface area contributed by atoms with Crippen molar-refractivity contribution in [3.8, 4) is 0 Å². The number of nitrogens with two attached hydrogens (primary N) is 1. The summed E-state index contributed by atoms with van der Waals surface area (Å²) >= 11 is 0. The Morgan fingerprint density at radius 2 is 1.50 bits per heavy atom. The molecule has 1 aromatic carbocycles. The summed E-state index contributed by atoms with van der Waals surface area (Å²) in [6.07, 6.45) is 12.5. The first-order valence-corrected chi connectivity index (χ1v) is 15.0. The van der Waals surface area contributed by atoms with E-state index >= 15 is 0 Å². The highest BCUT2D eigenvalue weighted by molar-refractivity contribution is 5.90. The van der Waals surface area contributed by atoms with E-state index in [9.17, 15) is 19.2 Å². The Morgan fingerprint density at radius 3 is 2.10 bits per heavy atom. The van der Waals surface area contributed by atoms with Gasteiger partial charge in [-0.2, -0.15) is 0 Å². The van der Waals surface area contributed by atoms with Crippen LogP contribution in [0.15, 0.2) is 24.3 Å². The summed E-state index contributed by atoms with van der Waals surface area (Å²) in [4.78, 5) is 47.4. The first kappa shape index (κ1) is 33.3. The fraction of sp³-hybridized carbons (Fsp3) is 0.677. The van der Waals surface area contributed by atoms with Gasteiger partial charge >= 0.3 is 0 Å². The predicted octanol–water partition coefficient (Wildman–Crippen LogP) is 3.36. The van der Waals surface area contributed by atoms with Gasteiger partial charge in [-0.1, -0.05) is 43.5 Å². The molecule has 1 unspecified atom stereocenters. The number of carbonyl (C=O) groups excluding carboxylic acids is 4. The van der Waals surface area contributed by atoms with E-state index in [2.05, 4.69) is 39.9 Å². The molecule has 4 rings (SSSR count). The van der Waals surface area contributed by atoms with Crippen molar-refractivity contribution in [2.24, 2.45) is 11.7 Å². The van der Waals surface area contributed by atoms with Gasteiger partial charge in [-0.05, 0) is 82.4 Å². The molecule has 2 aliphatic carbocycles. The van der Waals surface area contributed by atoms with Gasteiger partial charge in [0.25, 0.3) is 0 Å². The molecule has 0 spiro atoms. The Labute approximate surface area is 240 Å². The molecule has 2 fully saturated rings. The quantitative estimate of drug-likeness (QED) is 0.426. The van der Waals surface area contributed by atoms with Gasteiger partial charge in [-0.3, -0.25) is 19.2 Å². The fourth-order valence-corrected chi connectivity index (χ4v) is 5.72. The van der Waals surface area contributed by atoms with Crippen molar-refractivity contribution in [2.45, 2.75) is 110 Å². The standard InChI is InChI=1S/C17H31N3O2.C12H15NO.C2H5NO/c1-13(18-2)16(21)19-15(14-9-5-3-6-10-14)17(22)20-11-7-4-8-12-20;1-9(14)13-12-8-4-6-10-5-2-3-7-11(10)12;1-2(3)4/h13-15,18H,3-12H2,1-2H3,(H,19,21);2-3,5,7,12H,4,6,8H2,1H3,(H,13,14);1H3,(H2,3,4)/t13-,15-;;/m0../s1. The van der Waals surface area contributed by atoms with Crippen molar-refractivity contribution in [3.63, 3.8) is 0 Å². The summed E-state index contributed by atoms with van der Waals surface area (Å²) in [5.74, 6) is 0.106. The van der Waals surface area contributed by atoms with Crippen LogP contribution in [0.25, 0.3) is 0 Å². The van der Waals surface area contributed by atoms with Crippen LogP contribution in [0.4, 0.5) is 0 Å². The number of rotatable bonds is 6. The van der Waals surface area contributed by atoms with Crippen LogP contribution in [-0.4, -0.2) is 60.7 Å². The van der Waals surface area contributed by atoms with Crippen molar-refractivity contribution in [1.82, 2.24) is 20.9 Å². The van der Waals surface area contributed by atoms with Crippen LogP contribution in [0.1, 0.15) is 102 Å². The SMILES string of the molecule is CC(=O)NC1CCCc2ccccc21.CC(N)=O.CN[C@@H](C)C(=O)N[C@H](C(=O)N1CCCCC1)C1CCCCC1. The number of piperidine rings is 1. The summed E-state index contributed by atoms with van der Waals surface area (Å²) in [6, 6.07) is 8.02. The van der Waals surface area contributed by atoms with Gasteiger partial charge < -0.3 is 26.6 Å². The van der Waals surface area contributed by atoms with Crippen molar-refractivity contribution in [3.05, 3.63) is 35.4 Å². The second-order valence-electron chi connectivity index (χ2n) is 11.2. The highest BCUT2D eigenvalue weighted by Crippen LogP contribution is 2.29. The van der Waals surface area contributed by atoms with E-state index in [4.69, 9.17) is 0 Å². The third-order valence-corrected chi connectivity index (χ3v) is 7.93. The lowest BCUT2D eigenvalue weighted by atomic mass is 9.83. The maximum atomic E-state index is 12.9. The van der Waals surface area contributed by atoms with E-state index in [0.29, 0.717) is 5.92 Å². The van der Waals surface area contributed by atoms with Gasteiger partial charge in [0.15, 0.2) is 0 Å². The van der Waals surface area contributed by atoms with Gasteiger partial charge in [-0.15, -0.1) is 0 Å². The Bertz CT molecular complexity index is 953. The van der Waals surface area contributed by atoms with Crippen LogP contribution in [0.5, 0.6) is 0 Å². The summed E-state index contributed by atoms with van der Waals surface area (Å²) < 4.78 is 0. The van der Waals surface area contributed by atoms with Crippen LogP contribution in [-0.2, 0) is 25.6 Å². The number of carbonyl (C=O) groups is 4. The monoisotopic (exact) mass is 557 g/mol. The third kappa shape index (κ3) is 11.3. The summed E-state index contributed by atoms with van der Waals surface area (Å²) in [6.45, 7) is 6.41. The lowest BCUT2D eigenvalue weighted by molar-refractivity contribution is -0.139. The average Bonchev–Trinajstić information content (AvgIpc) is 2.96. The van der Waals surface area contributed by atoms with Crippen LogP contribution in [0.2, 0.25) is 0 Å². The molecule has 5 N–H and O–H groups in total. The molecular formula is C31H51N5O4. The van der Waals surface area contributed by atoms with E-state index in [1.165, 1.54) is 50.2 Å². The molecule has 1 aliphatic heterocycles. The number of hydrogen-bond donors (Lipinski definition) is 4. The molecule has 1 heterocycles. The van der Waals surface area contributed by atoms with Gasteiger partial charge in [0.2, 0.25) is 23.6 Å². The Morgan fingerprint density at radius 1 is 0.900 bits per heavy atom. The summed E-state index contributed by atoms with van der Waals surface area (Å²) in [7, 11) is 1.77. The largest absolute Gasteiger partial charge is 0.370 e. The van der Waals surface area contributed by atoms with Crippen LogP contribution in [0, 0.1) is 5.92 Å². The first-order valence-electron chi connectivity index (χ1n) is 15.0. The number of benzene rings is 1. The Kier molecular flexibility index (Phi) is 14.7. The Balaban J connectivity index is 0.000000265. The number of likely N-dealkylation sites (tertiary alicyclic amines) is 1. The molecule has 224 valence electrons. The summed E-state index contributed by atoms with van der Waals surface area (Å²) in [5.41, 5.74) is 7.16. The smallest absolute Gasteiger partial charge is 0.245 e. The number of hydrogen-bond acceptors (Lipinski definition) is 5. The van der Waals surface area contributed by atoms with Crippen LogP contribution in [0.3, 0.4) is 0 Å². The molecule has 40 heavy (non-hydrogen) atoms. The minimum atomic E-state index is -0.333. The zero-order chi connectivity index (χ0) is 29.5. The molecule has 3 atom stereocenters. The van der Waals surface area contributed by atoms with Crippen molar-refractivity contribution in [2.75, 3.05) is 20.1 Å². The van der Waals surface area contributed by atoms with Gasteiger partial charge in [-0.25, -0.2) is 0 Å². The lowest BCUT2D eigenvalue weighted by Gasteiger charge is -2.36. The highest BCUT2D eigenvalue weighted by Gasteiger charge is 2.34. The number of aryl methyl sites for hydroxylation is 1. The first-order chi connectivity index (χ1) is 19.1. The van der Waals surface area contributed by atoms with Crippen molar-refractivity contribution < 1.29 is 19.2 Å². The minimum Gasteiger partial charge on any atom is -0.370 e. The number of nitrogens with zero attached hydrogens (tertiary/aromatic N) is 1. The molecule has 9 nitrogen and oxygen atoms in total. The molecule has 0 aromatic heterocycles. The fourth-order valence-electron chi connectivity index (χ4n) is 5.72. The highest BCUT2D eigenvalue weighted by atomic mass is 16.2. The molecule has 0 radical (unpaired) electrons. The van der Waals surface area contributed by atoms with E-state index in [1.807, 2.05) is 17.9 Å². The molecule has 0 bridgehead atoms. The Hall–Kier alpha value is -2.94. The van der Waals surface area contributed by atoms with Crippen molar-refractivity contribution in [1.29, 1.82) is 0 Å². The van der Waals surface area contributed by atoms with Gasteiger partial charge in [0.1, 0.15) is 6.04 Å². The molecule has 9 heteroatoms. The molecular weight excluding hydrogens is 506 g/mol. The molecule has 1 saturated carbocycles. The lowest BCUT2D eigenvalue weighted by Crippen LogP contribution is -2.56. The molecule has 4 amide bonds. The molecule has 3 aliphatic rings. The number of fused-ring (bicyclic) bond motifs is 1. The zero-order valence-electron chi connectivity index (χ0n) is 25.0. The molecule has 1 saturated heterocycles. The normalized spacial score (nSPS) is 20.2. The summed E-state index contributed by atoms with van der Waals surface area (Å²) in [5, 5.41) is 9.00. The second-order valence-corrected chi connectivity index (χ2v) is 11.2. The predicted molar refractivity (Wildman–Crippen MR) is 158 cm³/mol. The third-order valence-electron chi connectivity index (χ3n) is 7.93. The number of amides is 4. The van der Waals surface area contributed by atoms with Gasteiger partial charge in [0, 0.05) is 26.9 Å². The topological polar surface area (TPSA) is 134 Å². The maximum Gasteiger partial charge on any atom is 0.245 e. The second kappa shape index (κ2) is 17.7. The van der Waals surface area contributed by atoms with Gasteiger partial charge in [0.05, 0.1) is 12.1 Å². The minimum absolute atomic E-state index is 0.0618. The number of nitrogens with one attached hydrogen (secondary N) is 3. The maximum absolute atomic E-state index is 12.9. The van der Waals surface area contributed by atoms with Crippen LogP contribution < -0.4 is 21.7 Å². The van der Waals surface area contributed by atoms with Crippen molar-refractivity contribution >= 4 is 23.6 Å². The average molecular weight is 558 g/mol. The van der Waals surface area contributed by atoms with E-state index in [0.717, 1.165) is 51.6 Å². The zero-order valence-corrected chi connectivity index (χ0v) is 25.0. The van der Waals surface area contributed by atoms with E-state index < -0.39 is 0 Å². The van der Waals surface area contributed by atoms with E-state index in [-0.39, 0.29) is 41.8 Å². The van der Waals surface area contributed by atoms with E-state index in [1.54, 1.807) is 14.0 Å². The molecule has 1 aromatic rings. The number of primary amides is 1. The van der Waals surface area contributed by atoms with Crippen LogP contribution >= 0.6 is 0 Å². The number of likely N-dealkylation sites (N-methyl/N-ethyl adjacent to an activating group) is 1.